The Bertz CT molecular complexity index is 1050. The SMILES string of the molecule is O=C1CC(c2nc(-c3ccccc3Cl)no2)CN1Cc1ccc2c(c1)OCO2. The minimum absolute atomic E-state index is 0.0557. The van der Waals surface area contributed by atoms with Crippen molar-refractivity contribution in [1.29, 1.82) is 0 Å². The van der Waals surface area contributed by atoms with Gasteiger partial charge in [-0.3, -0.25) is 4.79 Å². The molecular weight excluding hydrogens is 382 g/mol. The van der Waals surface area contributed by atoms with E-state index < -0.39 is 0 Å². The molecule has 1 unspecified atom stereocenters. The van der Waals surface area contributed by atoms with Gasteiger partial charge in [0.1, 0.15) is 0 Å². The number of ether oxygens (including phenoxy) is 2. The van der Waals surface area contributed by atoms with Crippen molar-refractivity contribution in [1.82, 2.24) is 15.0 Å². The molecule has 7 nitrogen and oxygen atoms in total. The fourth-order valence-electron chi connectivity index (χ4n) is 3.50. The van der Waals surface area contributed by atoms with Crippen molar-refractivity contribution < 1.29 is 18.8 Å². The fraction of sp³-hybridized carbons (Fsp3) is 0.250. The van der Waals surface area contributed by atoms with Crippen LogP contribution in [-0.2, 0) is 11.3 Å². The van der Waals surface area contributed by atoms with Crippen molar-refractivity contribution in [2.24, 2.45) is 0 Å². The molecule has 2 aliphatic rings. The molecule has 142 valence electrons. The van der Waals surface area contributed by atoms with Crippen LogP contribution in [0.1, 0.15) is 23.8 Å². The molecule has 1 atom stereocenters. The summed E-state index contributed by atoms with van der Waals surface area (Å²) >= 11 is 6.20. The first kappa shape index (κ1) is 17.1. The summed E-state index contributed by atoms with van der Waals surface area (Å²) in [6.45, 7) is 1.25. The first-order chi connectivity index (χ1) is 13.7. The van der Waals surface area contributed by atoms with Crippen molar-refractivity contribution in [3.05, 3.63) is 58.9 Å². The van der Waals surface area contributed by atoms with Crippen LogP contribution >= 0.6 is 11.6 Å². The van der Waals surface area contributed by atoms with E-state index in [1.165, 1.54) is 0 Å². The number of amides is 1. The molecule has 0 radical (unpaired) electrons. The second-order valence-electron chi connectivity index (χ2n) is 6.80. The highest BCUT2D eigenvalue weighted by Gasteiger charge is 2.34. The highest BCUT2D eigenvalue weighted by molar-refractivity contribution is 6.33. The molecule has 5 rings (SSSR count). The van der Waals surface area contributed by atoms with Crippen molar-refractivity contribution >= 4 is 17.5 Å². The zero-order valence-corrected chi connectivity index (χ0v) is 15.6. The van der Waals surface area contributed by atoms with Crippen LogP contribution in [0.15, 0.2) is 47.0 Å². The van der Waals surface area contributed by atoms with Crippen LogP contribution in [0.2, 0.25) is 5.02 Å². The zero-order valence-electron chi connectivity index (χ0n) is 14.8. The van der Waals surface area contributed by atoms with E-state index in [9.17, 15) is 4.79 Å². The second kappa shape index (κ2) is 6.83. The molecule has 28 heavy (non-hydrogen) atoms. The Morgan fingerprint density at radius 2 is 2.00 bits per heavy atom. The average Bonchev–Trinajstić information content (AvgIpc) is 3.42. The van der Waals surface area contributed by atoms with Gasteiger partial charge in [-0.05, 0) is 29.8 Å². The maximum atomic E-state index is 12.5. The third-order valence-corrected chi connectivity index (χ3v) is 5.26. The molecule has 0 aliphatic carbocycles. The van der Waals surface area contributed by atoms with Crippen LogP contribution in [0.3, 0.4) is 0 Å². The predicted octanol–water partition coefficient (Wildman–Crippen LogP) is 3.63. The maximum absolute atomic E-state index is 12.5. The lowest BCUT2D eigenvalue weighted by Gasteiger charge is -2.16. The first-order valence-electron chi connectivity index (χ1n) is 8.92. The average molecular weight is 398 g/mol. The molecular formula is C20H16ClN3O4. The summed E-state index contributed by atoms with van der Waals surface area (Å²) in [6, 6.07) is 13.0. The summed E-state index contributed by atoms with van der Waals surface area (Å²) in [5, 5.41) is 4.59. The molecule has 0 bridgehead atoms. The van der Waals surface area contributed by atoms with Crippen molar-refractivity contribution in [3.8, 4) is 22.9 Å². The van der Waals surface area contributed by atoms with Gasteiger partial charge in [-0.1, -0.05) is 35.0 Å². The normalized spacial score (nSPS) is 18.1. The van der Waals surface area contributed by atoms with E-state index >= 15 is 0 Å². The minimum Gasteiger partial charge on any atom is -0.454 e. The number of benzene rings is 2. The number of rotatable bonds is 4. The van der Waals surface area contributed by atoms with E-state index in [4.69, 9.17) is 25.6 Å². The van der Waals surface area contributed by atoms with Gasteiger partial charge >= 0.3 is 0 Å². The Balaban J connectivity index is 1.31. The number of nitrogens with zero attached hydrogens (tertiary/aromatic N) is 3. The molecule has 1 amide bonds. The van der Waals surface area contributed by atoms with E-state index in [-0.39, 0.29) is 18.6 Å². The van der Waals surface area contributed by atoms with E-state index in [0.717, 1.165) is 11.3 Å². The van der Waals surface area contributed by atoms with Crippen molar-refractivity contribution in [2.45, 2.75) is 18.9 Å². The highest BCUT2D eigenvalue weighted by Crippen LogP contribution is 2.35. The Labute approximate surface area is 165 Å². The standard InChI is InChI=1S/C20H16ClN3O4/c21-15-4-2-1-3-14(15)19-22-20(28-23-19)13-8-18(25)24(10-13)9-12-5-6-16-17(7-12)27-11-26-16/h1-7,13H,8-11H2. The van der Waals surface area contributed by atoms with Crippen LogP contribution < -0.4 is 9.47 Å². The third-order valence-electron chi connectivity index (χ3n) is 4.93. The number of halogens is 1. The largest absolute Gasteiger partial charge is 0.454 e. The second-order valence-corrected chi connectivity index (χ2v) is 7.21. The fourth-order valence-corrected chi connectivity index (χ4v) is 3.72. The molecule has 1 saturated heterocycles. The quantitative estimate of drug-likeness (QED) is 0.669. The van der Waals surface area contributed by atoms with Gasteiger partial charge in [-0.15, -0.1) is 0 Å². The lowest BCUT2D eigenvalue weighted by atomic mass is 10.1. The molecule has 1 fully saturated rings. The van der Waals surface area contributed by atoms with Crippen LogP contribution in [0.4, 0.5) is 0 Å². The topological polar surface area (TPSA) is 77.7 Å². The third kappa shape index (κ3) is 3.07. The number of hydrogen-bond donors (Lipinski definition) is 0. The molecule has 3 heterocycles. The summed E-state index contributed by atoms with van der Waals surface area (Å²) < 4.78 is 16.2. The van der Waals surface area contributed by atoms with Gasteiger partial charge in [0.05, 0.1) is 10.9 Å². The molecule has 3 aromatic rings. The van der Waals surface area contributed by atoms with Gasteiger partial charge in [-0.2, -0.15) is 4.98 Å². The van der Waals surface area contributed by atoms with Crippen LogP contribution in [0.25, 0.3) is 11.4 Å². The van der Waals surface area contributed by atoms with Gasteiger partial charge in [0, 0.05) is 25.1 Å². The van der Waals surface area contributed by atoms with Gasteiger partial charge in [0.15, 0.2) is 11.5 Å². The number of likely N-dealkylation sites (tertiary alicyclic amines) is 1. The molecule has 2 aromatic carbocycles. The van der Waals surface area contributed by atoms with Gasteiger partial charge in [-0.25, -0.2) is 0 Å². The summed E-state index contributed by atoms with van der Waals surface area (Å²) in [6.07, 6.45) is 0.342. The lowest BCUT2D eigenvalue weighted by molar-refractivity contribution is -0.128. The number of carbonyl (C=O) groups excluding carboxylic acids is 1. The van der Waals surface area contributed by atoms with Crippen LogP contribution in [0, 0.1) is 0 Å². The number of hydrogen-bond acceptors (Lipinski definition) is 6. The monoisotopic (exact) mass is 397 g/mol. The van der Waals surface area contributed by atoms with Crippen LogP contribution in [-0.4, -0.2) is 34.3 Å². The number of carbonyl (C=O) groups is 1. The van der Waals surface area contributed by atoms with Gasteiger partial charge in [0.2, 0.25) is 24.4 Å². The lowest BCUT2D eigenvalue weighted by Crippen LogP contribution is -2.24. The Morgan fingerprint density at radius 3 is 2.89 bits per heavy atom. The van der Waals surface area contributed by atoms with Crippen molar-refractivity contribution in [2.75, 3.05) is 13.3 Å². The Kier molecular flexibility index (Phi) is 4.16. The van der Waals surface area contributed by atoms with Gasteiger partial charge < -0.3 is 18.9 Å². The first-order valence-corrected chi connectivity index (χ1v) is 9.30. The molecule has 0 spiro atoms. The van der Waals surface area contributed by atoms with E-state index in [2.05, 4.69) is 10.1 Å². The molecule has 1 aromatic heterocycles. The minimum atomic E-state index is -0.134. The number of fused-ring (bicyclic) bond motifs is 1. The number of aromatic nitrogens is 2. The van der Waals surface area contributed by atoms with E-state index in [0.29, 0.717) is 47.6 Å². The highest BCUT2D eigenvalue weighted by atomic mass is 35.5. The Hall–Kier alpha value is -3.06. The molecule has 8 heteroatoms. The van der Waals surface area contributed by atoms with E-state index in [1.54, 1.807) is 11.0 Å². The van der Waals surface area contributed by atoms with Gasteiger partial charge in [0.25, 0.3) is 0 Å². The maximum Gasteiger partial charge on any atom is 0.232 e. The predicted molar refractivity (Wildman–Crippen MR) is 100 cm³/mol. The smallest absolute Gasteiger partial charge is 0.232 e. The summed E-state index contributed by atoms with van der Waals surface area (Å²) in [5.74, 6) is 2.25. The van der Waals surface area contributed by atoms with Crippen LogP contribution in [0.5, 0.6) is 11.5 Å². The summed E-state index contributed by atoms with van der Waals surface area (Å²) in [5.41, 5.74) is 1.70. The molecule has 0 N–H and O–H groups in total. The Morgan fingerprint density at radius 1 is 1.14 bits per heavy atom. The molecule has 2 aliphatic heterocycles. The zero-order chi connectivity index (χ0) is 19.1. The summed E-state index contributed by atoms with van der Waals surface area (Å²) in [7, 11) is 0. The van der Waals surface area contributed by atoms with Crippen molar-refractivity contribution in [3.63, 3.8) is 0 Å². The van der Waals surface area contributed by atoms with E-state index in [1.807, 2.05) is 36.4 Å². The summed E-state index contributed by atoms with van der Waals surface area (Å²) in [4.78, 5) is 18.7. The molecule has 0 saturated carbocycles.